The van der Waals surface area contributed by atoms with Crippen LogP contribution in [0.3, 0.4) is 0 Å². The van der Waals surface area contributed by atoms with Crippen LogP contribution in [-0.2, 0) is 9.59 Å². The summed E-state index contributed by atoms with van der Waals surface area (Å²) in [6.45, 7) is 1.76. The van der Waals surface area contributed by atoms with E-state index in [0.29, 0.717) is 24.0 Å². The van der Waals surface area contributed by atoms with E-state index < -0.39 is 0 Å². The van der Waals surface area contributed by atoms with Gasteiger partial charge in [-0.2, -0.15) is 0 Å². The van der Waals surface area contributed by atoms with E-state index in [1.54, 1.807) is 13.0 Å². The van der Waals surface area contributed by atoms with E-state index in [9.17, 15) is 9.59 Å². The number of aromatic nitrogens is 1. The maximum atomic E-state index is 11.8. The number of carbonyl (C=O) groups is 2. The van der Waals surface area contributed by atoms with Gasteiger partial charge in [-0.1, -0.05) is 5.16 Å². The second-order valence-electron chi connectivity index (χ2n) is 5.04. The lowest BCUT2D eigenvalue weighted by Crippen LogP contribution is -2.29. The van der Waals surface area contributed by atoms with Crippen LogP contribution < -0.4 is 10.6 Å². The summed E-state index contributed by atoms with van der Waals surface area (Å²) < 4.78 is 4.86. The molecule has 2 amide bonds. The summed E-state index contributed by atoms with van der Waals surface area (Å²) in [6.07, 6.45) is 2.75. The van der Waals surface area contributed by atoms with Crippen LogP contribution in [0.4, 0.5) is 5.82 Å². The minimum atomic E-state index is -0.222. The van der Waals surface area contributed by atoms with Crippen molar-refractivity contribution in [2.45, 2.75) is 32.2 Å². The van der Waals surface area contributed by atoms with Crippen molar-refractivity contribution in [3.8, 4) is 0 Å². The van der Waals surface area contributed by atoms with Crippen LogP contribution in [0.1, 0.15) is 25.0 Å². The van der Waals surface area contributed by atoms with Gasteiger partial charge in [0.05, 0.1) is 11.8 Å². The molecule has 1 aromatic heterocycles. The van der Waals surface area contributed by atoms with Crippen molar-refractivity contribution in [1.82, 2.24) is 10.5 Å². The first-order valence-electron chi connectivity index (χ1n) is 6.18. The summed E-state index contributed by atoms with van der Waals surface area (Å²) in [4.78, 5) is 23.5. The maximum absolute atomic E-state index is 11.8. The zero-order valence-electron chi connectivity index (χ0n) is 10.1. The molecule has 2 aliphatic carbocycles. The molecule has 2 aliphatic rings. The van der Waals surface area contributed by atoms with Crippen LogP contribution in [-0.4, -0.2) is 23.0 Å². The Labute approximate surface area is 104 Å². The van der Waals surface area contributed by atoms with Crippen molar-refractivity contribution in [3.63, 3.8) is 0 Å². The van der Waals surface area contributed by atoms with Crippen LogP contribution in [0.2, 0.25) is 0 Å². The molecule has 2 atom stereocenters. The number of aryl methyl sites for hydroxylation is 1. The summed E-state index contributed by atoms with van der Waals surface area (Å²) in [5, 5.41) is 9.26. The van der Waals surface area contributed by atoms with Crippen LogP contribution in [0.15, 0.2) is 10.6 Å². The van der Waals surface area contributed by atoms with Crippen molar-refractivity contribution >= 4 is 17.6 Å². The summed E-state index contributed by atoms with van der Waals surface area (Å²) in [5.41, 5.74) is 0. The van der Waals surface area contributed by atoms with Gasteiger partial charge in [0.2, 0.25) is 11.8 Å². The minimum absolute atomic E-state index is 0.00832. The van der Waals surface area contributed by atoms with Gasteiger partial charge in [0, 0.05) is 12.1 Å². The van der Waals surface area contributed by atoms with E-state index in [4.69, 9.17) is 4.52 Å². The van der Waals surface area contributed by atoms with Crippen molar-refractivity contribution in [2.24, 2.45) is 11.8 Å². The summed E-state index contributed by atoms with van der Waals surface area (Å²) in [7, 11) is 0. The minimum Gasteiger partial charge on any atom is -0.360 e. The van der Waals surface area contributed by atoms with Gasteiger partial charge < -0.3 is 15.2 Å². The van der Waals surface area contributed by atoms with E-state index >= 15 is 0 Å². The van der Waals surface area contributed by atoms with E-state index in [0.717, 1.165) is 12.8 Å². The lowest BCUT2D eigenvalue weighted by Gasteiger charge is -2.02. The third kappa shape index (κ3) is 2.37. The average molecular weight is 249 g/mol. The summed E-state index contributed by atoms with van der Waals surface area (Å²) in [6, 6.07) is 2.00. The zero-order valence-corrected chi connectivity index (χ0v) is 10.1. The zero-order chi connectivity index (χ0) is 12.7. The third-order valence-corrected chi connectivity index (χ3v) is 3.27. The van der Waals surface area contributed by atoms with Gasteiger partial charge in [-0.3, -0.25) is 9.59 Å². The molecule has 6 heteroatoms. The smallest absolute Gasteiger partial charge is 0.229 e. The molecule has 1 aromatic rings. The fourth-order valence-electron chi connectivity index (χ4n) is 1.95. The van der Waals surface area contributed by atoms with Crippen LogP contribution >= 0.6 is 0 Å². The highest BCUT2D eigenvalue weighted by Gasteiger charge is 2.49. The molecule has 18 heavy (non-hydrogen) atoms. The third-order valence-electron chi connectivity index (χ3n) is 3.27. The van der Waals surface area contributed by atoms with E-state index in [2.05, 4.69) is 15.8 Å². The number of hydrogen-bond acceptors (Lipinski definition) is 4. The first-order valence-corrected chi connectivity index (χ1v) is 6.18. The molecular weight excluding hydrogens is 234 g/mol. The lowest BCUT2D eigenvalue weighted by molar-refractivity contribution is -0.125. The normalized spacial score (nSPS) is 25.6. The van der Waals surface area contributed by atoms with Gasteiger partial charge in [-0.05, 0) is 26.2 Å². The highest BCUT2D eigenvalue weighted by molar-refractivity contribution is 5.99. The Morgan fingerprint density at radius 1 is 1.33 bits per heavy atom. The topological polar surface area (TPSA) is 84.2 Å². The Hall–Kier alpha value is -1.85. The van der Waals surface area contributed by atoms with Crippen molar-refractivity contribution < 1.29 is 14.1 Å². The number of anilines is 1. The molecule has 6 nitrogen and oxygen atoms in total. The standard InChI is InChI=1S/C12H15N3O3/c1-6-4-10(15-18-6)14-12(17)9-5-8(9)11(16)13-7-2-3-7/h4,7-9H,2-3,5H2,1H3,(H,13,16)(H,14,15,17). The number of nitrogens with zero attached hydrogens (tertiary/aromatic N) is 1. The molecule has 2 fully saturated rings. The average Bonchev–Trinajstić information content (AvgIpc) is 3.20. The molecule has 0 aromatic carbocycles. The van der Waals surface area contributed by atoms with Gasteiger partial charge in [0.15, 0.2) is 5.82 Å². The SMILES string of the molecule is Cc1cc(NC(=O)C2CC2C(=O)NC2CC2)no1. The van der Waals surface area contributed by atoms with Gasteiger partial charge in [-0.25, -0.2) is 0 Å². The molecule has 0 saturated heterocycles. The molecule has 1 heterocycles. The Bertz CT molecular complexity index is 493. The van der Waals surface area contributed by atoms with Gasteiger partial charge in [-0.15, -0.1) is 0 Å². The monoisotopic (exact) mass is 249 g/mol. The van der Waals surface area contributed by atoms with Gasteiger partial charge >= 0.3 is 0 Å². The van der Waals surface area contributed by atoms with E-state index in [-0.39, 0.29) is 23.7 Å². The molecule has 0 spiro atoms. The molecule has 2 N–H and O–H groups in total. The number of amides is 2. The molecule has 96 valence electrons. The number of rotatable bonds is 4. The first-order chi connectivity index (χ1) is 8.63. The predicted molar refractivity (Wildman–Crippen MR) is 62.6 cm³/mol. The fraction of sp³-hybridized carbons (Fsp3) is 0.583. The van der Waals surface area contributed by atoms with Gasteiger partial charge in [0.1, 0.15) is 5.76 Å². The fourth-order valence-corrected chi connectivity index (χ4v) is 1.95. The Morgan fingerprint density at radius 3 is 2.67 bits per heavy atom. The molecule has 3 rings (SSSR count). The second kappa shape index (κ2) is 4.12. The highest BCUT2D eigenvalue weighted by Crippen LogP contribution is 2.40. The van der Waals surface area contributed by atoms with Gasteiger partial charge in [0.25, 0.3) is 0 Å². The largest absolute Gasteiger partial charge is 0.360 e. The lowest BCUT2D eigenvalue weighted by atomic mass is 10.3. The first kappa shape index (κ1) is 11.3. The van der Waals surface area contributed by atoms with E-state index in [1.165, 1.54) is 0 Å². The van der Waals surface area contributed by atoms with Crippen molar-refractivity contribution in [2.75, 3.05) is 5.32 Å². The predicted octanol–water partition coefficient (Wildman–Crippen LogP) is 0.836. The molecule has 2 unspecified atom stereocenters. The summed E-state index contributed by atoms with van der Waals surface area (Å²) in [5.74, 6) is 0.516. The van der Waals surface area contributed by atoms with E-state index in [1.807, 2.05) is 0 Å². The quantitative estimate of drug-likeness (QED) is 0.828. The molecule has 0 bridgehead atoms. The molecule has 0 aliphatic heterocycles. The molecular formula is C12H15N3O3. The van der Waals surface area contributed by atoms with Crippen LogP contribution in [0, 0.1) is 18.8 Å². The number of carbonyl (C=O) groups excluding carboxylic acids is 2. The molecule has 0 radical (unpaired) electrons. The highest BCUT2D eigenvalue weighted by atomic mass is 16.5. The van der Waals surface area contributed by atoms with Crippen molar-refractivity contribution in [1.29, 1.82) is 0 Å². The summed E-state index contributed by atoms with van der Waals surface area (Å²) >= 11 is 0. The Balaban J connectivity index is 1.50. The van der Waals surface area contributed by atoms with Crippen LogP contribution in [0.5, 0.6) is 0 Å². The second-order valence-corrected chi connectivity index (χ2v) is 5.04. The number of nitrogens with one attached hydrogen (secondary N) is 2. The van der Waals surface area contributed by atoms with Crippen molar-refractivity contribution in [3.05, 3.63) is 11.8 Å². The maximum Gasteiger partial charge on any atom is 0.229 e. The Kier molecular flexibility index (Phi) is 2.57. The number of hydrogen-bond donors (Lipinski definition) is 2. The van der Waals surface area contributed by atoms with Crippen LogP contribution in [0.25, 0.3) is 0 Å². The molecule has 2 saturated carbocycles. The Morgan fingerprint density at radius 2 is 2.06 bits per heavy atom.